The molecule has 0 amide bonds. The summed E-state index contributed by atoms with van der Waals surface area (Å²) < 4.78 is 10.8. The van der Waals surface area contributed by atoms with Crippen LogP contribution in [0.15, 0.2) is 30.3 Å². The molecule has 1 aliphatic heterocycles. The number of carbonyl (C=O) groups is 3. The summed E-state index contributed by atoms with van der Waals surface area (Å²) >= 11 is 3.56. The Labute approximate surface area is 147 Å². The van der Waals surface area contributed by atoms with E-state index in [1.807, 2.05) is 6.07 Å². The summed E-state index contributed by atoms with van der Waals surface area (Å²) in [4.78, 5) is 37.1. The van der Waals surface area contributed by atoms with Crippen LogP contribution in [-0.4, -0.2) is 34.8 Å². The lowest BCUT2D eigenvalue weighted by molar-refractivity contribution is -0.157. The second-order valence-corrected chi connectivity index (χ2v) is 7.83. The molecule has 1 aromatic rings. The van der Waals surface area contributed by atoms with E-state index >= 15 is 0 Å². The Hall–Kier alpha value is -1.69. The SMILES string of the molecule is C[C@H](OC(=O)[C@@H]1[C@H]2C[C@H]3[C@H](OC(=O)[C@H]31)[C@@H]2Br)C(=O)c1ccccc1. The van der Waals surface area contributed by atoms with E-state index in [1.54, 1.807) is 31.2 Å². The predicted octanol–water partition coefficient (Wildman–Crippen LogP) is 2.37. The van der Waals surface area contributed by atoms with Crippen molar-refractivity contribution >= 4 is 33.7 Å². The highest BCUT2D eigenvalue weighted by Crippen LogP contribution is 2.60. The lowest BCUT2D eigenvalue weighted by Gasteiger charge is -2.27. The number of benzene rings is 1. The smallest absolute Gasteiger partial charge is 0.310 e. The molecule has 7 atom stereocenters. The Bertz CT molecular complexity index is 703. The summed E-state index contributed by atoms with van der Waals surface area (Å²) in [7, 11) is 0. The average molecular weight is 393 g/mol. The summed E-state index contributed by atoms with van der Waals surface area (Å²) in [6, 6.07) is 8.74. The lowest BCUT2D eigenvalue weighted by atomic mass is 9.80. The molecule has 0 spiro atoms. The van der Waals surface area contributed by atoms with Crippen molar-refractivity contribution in [3.8, 4) is 0 Å². The van der Waals surface area contributed by atoms with Gasteiger partial charge < -0.3 is 9.47 Å². The van der Waals surface area contributed by atoms with Crippen LogP contribution in [-0.2, 0) is 19.1 Å². The molecule has 1 heterocycles. The highest BCUT2D eigenvalue weighted by atomic mass is 79.9. The lowest BCUT2D eigenvalue weighted by Crippen LogP contribution is -2.40. The molecule has 126 valence electrons. The van der Waals surface area contributed by atoms with E-state index in [1.165, 1.54) is 0 Å². The molecule has 2 bridgehead atoms. The topological polar surface area (TPSA) is 69.7 Å². The van der Waals surface area contributed by atoms with Crippen LogP contribution in [0.5, 0.6) is 0 Å². The van der Waals surface area contributed by atoms with Gasteiger partial charge in [-0.3, -0.25) is 14.4 Å². The first kappa shape index (κ1) is 15.8. The summed E-state index contributed by atoms with van der Waals surface area (Å²) in [5.41, 5.74) is 0.504. The average Bonchev–Trinajstić information content (AvgIpc) is 3.19. The highest BCUT2D eigenvalue weighted by molar-refractivity contribution is 9.09. The molecule has 24 heavy (non-hydrogen) atoms. The van der Waals surface area contributed by atoms with Crippen LogP contribution in [0, 0.1) is 23.7 Å². The maximum absolute atomic E-state index is 12.7. The normalized spacial score (nSPS) is 37.2. The number of halogens is 1. The van der Waals surface area contributed by atoms with Gasteiger partial charge in [0.1, 0.15) is 6.10 Å². The maximum atomic E-state index is 12.7. The van der Waals surface area contributed by atoms with Crippen LogP contribution in [0.2, 0.25) is 0 Å². The van der Waals surface area contributed by atoms with Gasteiger partial charge in [0.15, 0.2) is 6.10 Å². The number of carbonyl (C=O) groups excluding carboxylic acids is 3. The number of ketones is 1. The number of Topliss-reactive ketones (excluding diaryl/α,β-unsaturated/α-hetero) is 1. The van der Waals surface area contributed by atoms with E-state index in [-0.39, 0.29) is 34.5 Å². The van der Waals surface area contributed by atoms with Gasteiger partial charge in [-0.05, 0) is 19.3 Å². The molecule has 3 aliphatic rings. The molecular weight excluding hydrogens is 376 g/mol. The minimum Gasteiger partial charge on any atom is -0.461 e. The van der Waals surface area contributed by atoms with Crippen molar-refractivity contribution < 1.29 is 23.9 Å². The molecule has 0 unspecified atom stereocenters. The van der Waals surface area contributed by atoms with Crippen LogP contribution >= 0.6 is 15.9 Å². The Morgan fingerprint density at radius 3 is 2.67 bits per heavy atom. The van der Waals surface area contributed by atoms with Gasteiger partial charge in [-0.1, -0.05) is 46.3 Å². The fourth-order valence-corrected chi connectivity index (χ4v) is 5.48. The number of fused-ring (bicyclic) bond motifs is 1. The number of esters is 2. The van der Waals surface area contributed by atoms with Gasteiger partial charge in [0.25, 0.3) is 0 Å². The first-order valence-electron chi connectivity index (χ1n) is 8.13. The number of ether oxygens (including phenoxy) is 2. The third-order valence-corrected chi connectivity index (χ3v) is 6.72. The molecule has 1 aromatic carbocycles. The van der Waals surface area contributed by atoms with Gasteiger partial charge in [0.2, 0.25) is 5.78 Å². The van der Waals surface area contributed by atoms with Gasteiger partial charge in [0, 0.05) is 11.5 Å². The third kappa shape index (κ3) is 2.23. The summed E-state index contributed by atoms with van der Waals surface area (Å²) in [5.74, 6) is -1.83. The molecule has 0 N–H and O–H groups in total. The van der Waals surface area contributed by atoms with Gasteiger partial charge >= 0.3 is 11.9 Å². The van der Waals surface area contributed by atoms with E-state index in [0.717, 1.165) is 6.42 Å². The molecule has 1 saturated heterocycles. The predicted molar refractivity (Wildman–Crippen MR) is 87.5 cm³/mol. The van der Waals surface area contributed by atoms with E-state index < -0.39 is 23.9 Å². The standard InChI is InChI=1S/C18H17BrO5/c1-8(15(20)9-5-3-2-4-6-9)23-17(21)12-10-7-11-13(12)18(22)24-16(11)14(10)19/h2-6,8,10-14,16H,7H2,1H3/t8-,10+,11+,12+,13+,14+,16-/m0/s1. The molecule has 2 saturated carbocycles. The Balaban J connectivity index is 1.49. The Morgan fingerprint density at radius 1 is 1.25 bits per heavy atom. The van der Waals surface area contributed by atoms with Crippen LogP contribution in [0.25, 0.3) is 0 Å². The minimum absolute atomic E-state index is 0.0112. The van der Waals surface area contributed by atoms with Crippen LogP contribution < -0.4 is 0 Å². The quantitative estimate of drug-likeness (QED) is 0.446. The first-order valence-corrected chi connectivity index (χ1v) is 9.05. The number of hydrogen-bond donors (Lipinski definition) is 0. The molecule has 5 nitrogen and oxygen atoms in total. The summed E-state index contributed by atoms with van der Waals surface area (Å²) in [5, 5.41) is 0. The molecule has 0 radical (unpaired) electrons. The zero-order valence-corrected chi connectivity index (χ0v) is 14.6. The van der Waals surface area contributed by atoms with E-state index in [0.29, 0.717) is 5.56 Å². The highest BCUT2D eigenvalue weighted by Gasteiger charge is 2.68. The second kappa shape index (κ2) is 5.69. The van der Waals surface area contributed by atoms with E-state index in [4.69, 9.17) is 9.47 Å². The Morgan fingerprint density at radius 2 is 1.96 bits per heavy atom. The van der Waals surface area contributed by atoms with Crippen molar-refractivity contribution in [3.63, 3.8) is 0 Å². The maximum Gasteiger partial charge on any atom is 0.310 e. The molecule has 3 fully saturated rings. The van der Waals surface area contributed by atoms with Crippen molar-refractivity contribution in [1.82, 2.24) is 0 Å². The van der Waals surface area contributed by atoms with Gasteiger partial charge in [-0.15, -0.1) is 0 Å². The van der Waals surface area contributed by atoms with E-state index in [9.17, 15) is 14.4 Å². The van der Waals surface area contributed by atoms with Crippen LogP contribution in [0.4, 0.5) is 0 Å². The number of hydrogen-bond acceptors (Lipinski definition) is 5. The van der Waals surface area contributed by atoms with Gasteiger partial charge in [-0.25, -0.2) is 0 Å². The number of rotatable bonds is 4. The van der Waals surface area contributed by atoms with Crippen molar-refractivity contribution in [1.29, 1.82) is 0 Å². The van der Waals surface area contributed by atoms with Crippen LogP contribution in [0.3, 0.4) is 0 Å². The second-order valence-electron chi connectivity index (χ2n) is 6.77. The van der Waals surface area contributed by atoms with Gasteiger partial charge in [-0.2, -0.15) is 0 Å². The first-order chi connectivity index (χ1) is 11.5. The molecule has 6 heteroatoms. The fraction of sp³-hybridized carbons (Fsp3) is 0.500. The van der Waals surface area contributed by atoms with Crippen molar-refractivity contribution in [2.45, 2.75) is 30.4 Å². The van der Waals surface area contributed by atoms with Crippen molar-refractivity contribution in [3.05, 3.63) is 35.9 Å². The van der Waals surface area contributed by atoms with Crippen LogP contribution in [0.1, 0.15) is 23.7 Å². The summed E-state index contributed by atoms with van der Waals surface area (Å²) in [6.45, 7) is 1.57. The van der Waals surface area contributed by atoms with Crippen molar-refractivity contribution in [2.75, 3.05) is 0 Å². The monoisotopic (exact) mass is 392 g/mol. The largest absolute Gasteiger partial charge is 0.461 e. The van der Waals surface area contributed by atoms with Crippen molar-refractivity contribution in [2.24, 2.45) is 23.7 Å². The molecule has 0 aromatic heterocycles. The Kier molecular flexibility index (Phi) is 3.75. The molecule has 4 rings (SSSR count). The molecular formula is C18H17BrO5. The van der Waals surface area contributed by atoms with E-state index in [2.05, 4.69) is 15.9 Å². The zero-order valence-electron chi connectivity index (χ0n) is 13.1. The fourth-order valence-electron chi connectivity index (χ4n) is 4.44. The third-order valence-electron chi connectivity index (χ3n) is 5.52. The molecule has 2 aliphatic carbocycles. The zero-order chi connectivity index (χ0) is 17.0. The minimum atomic E-state index is -0.874. The summed E-state index contributed by atoms with van der Waals surface area (Å²) in [6.07, 6.45) is -0.210. The van der Waals surface area contributed by atoms with Gasteiger partial charge in [0.05, 0.1) is 16.7 Å². The number of alkyl halides is 1.